The van der Waals surface area contributed by atoms with Gasteiger partial charge in [0.2, 0.25) is 5.89 Å². The molecule has 0 aliphatic heterocycles. The van der Waals surface area contributed by atoms with E-state index in [2.05, 4.69) is 15.3 Å². The van der Waals surface area contributed by atoms with E-state index >= 15 is 0 Å². The molecule has 0 fully saturated rings. The van der Waals surface area contributed by atoms with Crippen LogP contribution in [0.5, 0.6) is 0 Å². The number of pyridine rings is 1. The Morgan fingerprint density at radius 1 is 1.53 bits per heavy atom. The summed E-state index contributed by atoms with van der Waals surface area (Å²) in [6.07, 6.45) is 2.40. The van der Waals surface area contributed by atoms with Crippen LogP contribution in [-0.2, 0) is 13.0 Å². The number of oxazole rings is 1. The van der Waals surface area contributed by atoms with Gasteiger partial charge in [0.1, 0.15) is 16.7 Å². The number of carbonyl (C=O) groups is 1. The van der Waals surface area contributed by atoms with Crippen LogP contribution in [0.1, 0.15) is 28.9 Å². The van der Waals surface area contributed by atoms with E-state index in [0.717, 1.165) is 12.2 Å². The topological polar surface area (TPSA) is 94.0 Å². The molecule has 0 aromatic carbocycles. The Morgan fingerprint density at radius 3 is 2.95 bits per heavy atom. The van der Waals surface area contributed by atoms with E-state index in [1.165, 1.54) is 12.1 Å². The highest BCUT2D eigenvalue weighted by Crippen LogP contribution is 2.12. The summed E-state index contributed by atoms with van der Waals surface area (Å²) in [5.41, 5.74) is 5.87. The molecule has 2 heterocycles. The Balaban J connectivity index is 2.00. The van der Waals surface area contributed by atoms with Crippen LogP contribution in [-0.4, -0.2) is 15.9 Å². The molecule has 2 rings (SSSR count). The third kappa shape index (κ3) is 3.45. The molecule has 6 nitrogen and oxygen atoms in total. The van der Waals surface area contributed by atoms with Crippen LogP contribution in [0.4, 0.5) is 5.82 Å². The average Bonchev–Trinajstić information content (AvgIpc) is 2.82. The van der Waals surface area contributed by atoms with Gasteiger partial charge in [-0.1, -0.05) is 18.5 Å². The molecular formula is C12H13ClN4O2. The maximum atomic E-state index is 11.9. The van der Waals surface area contributed by atoms with E-state index in [-0.39, 0.29) is 23.4 Å². The molecular weight excluding hydrogens is 268 g/mol. The molecule has 2 aromatic heterocycles. The van der Waals surface area contributed by atoms with Gasteiger partial charge < -0.3 is 15.5 Å². The molecule has 0 radical (unpaired) electrons. The van der Waals surface area contributed by atoms with Crippen molar-refractivity contribution in [2.24, 2.45) is 0 Å². The fourth-order valence-electron chi connectivity index (χ4n) is 1.50. The molecule has 0 saturated carbocycles. The van der Waals surface area contributed by atoms with Crippen LogP contribution < -0.4 is 11.1 Å². The van der Waals surface area contributed by atoms with E-state index in [0.29, 0.717) is 11.5 Å². The summed E-state index contributed by atoms with van der Waals surface area (Å²) >= 11 is 5.73. The number of hydrogen-bond acceptors (Lipinski definition) is 5. The predicted octanol–water partition coefficient (Wildman–Crippen LogP) is 1.80. The highest BCUT2D eigenvalue weighted by Gasteiger charge is 2.10. The second-order valence-electron chi connectivity index (χ2n) is 3.86. The van der Waals surface area contributed by atoms with Gasteiger partial charge in [-0.05, 0) is 12.1 Å². The zero-order valence-electron chi connectivity index (χ0n) is 10.3. The van der Waals surface area contributed by atoms with Gasteiger partial charge in [0, 0.05) is 12.0 Å². The van der Waals surface area contributed by atoms with Gasteiger partial charge in [-0.15, -0.1) is 0 Å². The van der Waals surface area contributed by atoms with Gasteiger partial charge in [0.15, 0.2) is 0 Å². The minimum absolute atomic E-state index is 0.176. The third-order valence-electron chi connectivity index (χ3n) is 2.43. The number of nitrogens with one attached hydrogen (secondary N) is 1. The standard InChI is InChI=1S/C12H13ClN4O2/c1-2-8-5-15-11(19-8)6-16-12(18)7-3-9(13)17-10(14)4-7/h3-5H,2,6H2,1H3,(H2,14,17)(H,16,18). The second-order valence-corrected chi connectivity index (χ2v) is 4.25. The molecule has 0 aliphatic carbocycles. The first-order chi connectivity index (χ1) is 9.08. The van der Waals surface area contributed by atoms with Crippen molar-refractivity contribution >= 4 is 23.3 Å². The minimum Gasteiger partial charge on any atom is -0.444 e. The number of amides is 1. The van der Waals surface area contributed by atoms with Gasteiger partial charge in [0.25, 0.3) is 5.91 Å². The predicted molar refractivity (Wildman–Crippen MR) is 70.7 cm³/mol. The van der Waals surface area contributed by atoms with Crippen LogP contribution in [0, 0.1) is 0 Å². The Morgan fingerprint density at radius 2 is 2.32 bits per heavy atom. The number of aromatic nitrogens is 2. The monoisotopic (exact) mass is 280 g/mol. The number of rotatable bonds is 4. The maximum Gasteiger partial charge on any atom is 0.251 e. The van der Waals surface area contributed by atoms with Crippen LogP contribution in [0.3, 0.4) is 0 Å². The number of halogens is 1. The highest BCUT2D eigenvalue weighted by atomic mass is 35.5. The number of nitrogens with zero attached hydrogens (tertiary/aromatic N) is 2. The zero-order valence-corrected chi connectivity index (χ0v) is 11.1. The number of carbonyl (C=O) groups excluding carboxylic acids is 1. The lowest BCUT2D eigenvalue weighted by molar-refractivity contribution is 0.0947. The van der Waals surface area contributed by atoms with E-state index in [1.807, 2.05) is 6.92 Å². The van der Waals surface area contributed by atoms with Crippen LogP contribution in [0.25, 0.3) is 0 Å². The number of hydrogen-bond donors (Lipinski definition) is 2. The first-order valence-corrected chi connectivity index (χ1v) is 6.11. The van der Waals surface area contributed by atoms with Crippen molar-refractivity contribution in [2.45, 2.75) is 19.9 Å². The smallest absolute Gasteiger partial charge is 0.251 e. The summed E-state index contributed by atoms with van der Waals surface area (Å²) in [5.74, 6) is 1.12. The fraction of sp³-hybridized carbons (Fsp3) is 0.250. The lowest BCUT2D eigenvalue weighted by Crippen LogP contribution is -2.23. The molecule has 0 spiro atoms. The van der Waals surface area contributed by atoms with Crippen molar-refractivity contribution < 1.29 is 9.21 Å². The number of nitrogen functional groups attached to an aromatic ring is 1. The van der Waals surface area contributed by atoms with Crippen molar-refractivity contribution in [1.82, 2.24) is 15.3 Å². The summed E-state index contributed by atoms with van der Waals surface area (Å²) in [6.45, 7) is 2.17. The van der Waals surface area contributed by atoms with Crippen molar-refractivity contribution in [1.29, 1.82) is 0 Å². The number of aryl methyl sites for hydroxylation is 1. The Hall–Kier alpha value is -2.08. The quantitative estimate of drug-likeness (QED) is 0.833. The fourth-order valence-corrected chi connectivity index (χ4v) is 1.71. The molecule has 0 atom stereocenters. The highest BCUT2D eigenvalue weighted by molar-refractivity contribution is 6.29. The molecule has 0 saturated heterocycles. The summed E-state index contributed by atoms with van der Waals surface area (Å²) in [7, 11) is 0. The van der Waals surface area contributed by atoms with Crippen molar-refractivity contribution in [2.75, 3.05) is 5.73 Å². The molecule has 0 bridgehead atoms. The lowest BCUT2D eigenvalue weighted by atomic mass is 10.2. The molecule has 0 unspecified atom stereocenters. The first kappa shape index (κ1) is 13.4. The van der Waals surface area contributed by atoms with Crippen molar-refractivity contribution in [3.8, 4) is 0 Å². The van der Waals surface area contributed by atoms with Gasteiger partial charge in [-0.25, -0.2) is 9.97 Å². The van der Waals surface area contributed by atoms with E-state index in [4.69, 9.17) is 21.8 Å². The maximum absolute atomic E-state index is 11.9. The van der Waals surface area contributed by atoms with Crippen molar-refractivity contribution in [3.63, 3.8) is 0 Å². The molecule has 100 valence electrons. The average molecular weight is 281 g/mol. The largest absolute Gasteiger partial charge is 0.444 e. The zero-order chi connectivity index (χ0) is 13.8. The number of anilines is 1. The van der Waals surface area contributed by atoms with Crippen molar-refractivity contribution in [3.05, 3.63) is 40.7 Å². The van der Waals surface area contributed by atoms with Crippen LogP contribution in [0.15, 0.2) is 22.7 Å². The minimum atomic E-state index is -0.313. The van der Waals surface area contributed by atoms with Gasteiger partial charge >= 0.3 is 0 Å². The van der Waals surface area contributed by atoms with Gasteiger partial charge in [-0.3, -0.25) is 4.79 Å². The SMILES string of the molecule is CCc1cnc(CNC(=O)c2cc(N)nc(Cl)c2)o1. The molecule has 2 aromatic rings. The van der Waals surface area contributed by atoms with Gasteiger partial charge in [-0.2, -0.15) is 0 Å². The van der Waals surface area contributed by atoms with Crippen LogP contribution in [0.2, 0.25) is 5.15 Å². The molecule has 7 heteroatoms. The van der Waals surface area contributed by atoms with Crippen LogP contribution >= 0.6 is 11.6 Å². The normalized spacial score (nSPS) is 10.4. The summed E-state index contributed by atoms with van der Waals surface area (Å²) in [5, 5.41) is 2.85. The number of nitrogens with two attached hydrogens (primary N) is 1. The summed E-state index contributed by atoms with van der Waals surface area (Å²) < 4.78 is 5.38. The summed E-state index contributed by atoms with van der Waals surface area (Å²) in [4.78, 5) is 19.7. The summed E-state index contributed by atoms with van der Waals surface area (Å²) in [6, 6.07) is 2.90. The lowest BCUT2D eigenvalue weighted by Gasteiger charge is -2.04. The Kier molecular flexibility index (Phi) is 4.01. The second kappa shape index (κ2) is 5.71. The Bertz CT molecular complexity index is 577. The van der Waals surface area contributed by atoms with Gasteiger partial charge in [0.05, 0.1) is 12.7 Å². The van der Waals surface area contributed by atoms with E-state index in [1.54, 1.807) is 6.20 Å². The van der Waals surface area contributed by atoms with E-state index < -0.39 is 0 Å². The Labute approximate surface area is 115 Å². The molecule has 19 heavy (non-hydrogen) atoms. The first-order valence-electron chi connectivity index (χ1n) is 5.73. The van der Waals surface area contributed by atoms with E-state index in [9.17, 15) is 4.79 Å². The molecule has 3 N–H and O–H groups in total. The molecule has 0 aliphatic rings. The molecule has 1 amide bonds. The third-order valence-corrected chi connectivity index (χ3v) is 2.62.